The second kappa shape index (κ2) is 50.9. The molecule has 6 nitrogen and oxygen atoms in total. The van der Waals surface area contributed by atoms with Crippen molar-refractivity contribution < 1.29 is 30.6 Å². The Morgan fingerprint density at radius 1 is 0.552 bits per heavy atom. The van der Waals surface area contributed by atoms with Gasteiger partial charge in [-0.25, -0.2) is 0 Å². The third kappa shape index (κ3) is 193. The molecule has 0 aliphatic heterocycles. The first kappa shape index (κ1) is 42.8. The molecule has 1 unspecified atom stereocenters. The summed E-state index contributed by atoms with van der Waals surface area (Å²) in [5, 5.41) is 48.7. The van der Waals surface area contributed by atoms with Crippen molar-refractivity contribution in [3.63, 3.8) is 0 Å². The van der Waals surface area contributed by atoms with Gasteiger partial charge in [-0.3, -0.25) is 0 Å². The molecule has 29 heavy (non-hydrogen) atoms. The fraction of sp³-hybridized carbons (Fsp3) is 1.00. The SMILES string of the molecule is CC(C)CO.CC(C)O.CCC(C)O.CCCCCO.CCCCO.CCCO. The Balaban J connectivity index is -0.0000000550. The Morgan fingerprint density at radius 2 is 0.828 bits per heavy atom. The Bertz CT molecular complexity index is 169. The van der Waals surface area contributed by atoms with Crippen molar-refractivity contribution in [2.75, 3.05) is 26.4 Å². The monoisotopic (exact) mass is 430 g/mol. The molecule has 6 heteroatoms. The number of hydrogen-bond acceptors (Lipinski definition) is 6. The van der Waals surface area contributed by atoms with Crippen molar-refractivity contribution in [2.24, 2.45) is 5.92 Å². The number of unbranched alkanes of at least 4 members (excludes halogenated alkanes) is 3. The van der Waals surface area contributed by atoms with Crippen LogP contribution in [-0.4, -0.2) is 69.3 Å². The third-order valence-electron chi connectivity index (χ3n) is 2.45. The lowest BCUT2D eigenvalue weighted by Crippen LogP contribution is -1.93. The van der Waals surface area contributed by atoms with E-state index in [0.717, 1.165) is 38.5 Å². The van der Waals surface area contributed by atoms with Gasteiger partial charge in [-0.15, -0.1) is 0 Å². The van der Waals surface area contributed by atoms with Crippen LogP contribution in [0.5, 0.6) is 0 Å². The van der Waals surface area contributed by atoms with E-state index in [1.807, 2.05) is 27.7 Å². The Kier molecular flexibility index (Phi) is 75.1. The van der Waals surface area contributed by atoms with Crippen molar-refractivity contribution >= 4 is 0 Å². The standard InChI is InChI=1S/C5H12O.3C4H10O.2C3H8O/c1-2-3-4-5-6;1-4(2)3-5;1-3-4(2)5;1-2-3-4-5;1-3(2)4;1-2-3-4/h6H,2-5H2,1H3;2*4-5H,3H2,1-2H3;5H,2-4H2,1H3;3-4H,1-2H3;4H,2-3H2,1H3. The first-order valence-corrected chi connectivity index (χ1v) is 11.3. The van der Waals surface area contributed by atoms with Gasteiger partial charge in [-0.05, 0) is 52.4 Å². The van der Waals surface area contributed by atoms with Crippen molar-refractivity contribution in [3.05, 3.63) is 0 Å². The average Bonchev–Trinajstić information content (AvgIpc) is 2.68. The van der Waals surface area contributed by atoms with Gasteiger partial charge in [0.15, 0.2) is 0 Å². The van der Waals surface area contributed by atoms with Crippen molar-refractivity contribution in [3.8, 4) is 0 Å². The van der Waals surface area contributed by atoms with E-state index in [2.05, 4.69) is 13.8 Å². The molecule has 0 fully saturated rings. The first-order chi connectivity index (χ1) is 13.5. The molecule has 0 spiro atoms. The second-order valence-corrected chi connectivity index (χ2v) is 7.16. The van der Waals surface area contributed by atoms with Crippen LogP contribution in [0, 0.1) is 5.92 Å². The highest BCUT2D eigenvalue weighted by Crippen LogP contribution is 1.89. The summed E-state index contributed by atoms with van der Waals surface area (Å²) in [5.74, 6) is 0.440. The molecule has 6 N–H and O–H groups in total. The maximum atomic E-state index is 8.36. The van der Waals surface area contributed by atoms with Crippen molar-refractivity contribution in [2.45, 2.75) is 119 Å². The molecule has 0 aliphatic carbocycles. The second-order valence-electron chi connectivity index (χ2n) is 7.16. The van der Waals surface area contributed by atoms with Gasteiger partial charge in [0.2, 0.25) is 0 Å². The number of aliphatic hydroxyl groups excluding tert-OH is 6. The lowest BCUT2D eigenvalue weighted by atomic mass is 10.2. The summed E-state index contributed by atoms with van der Waals surface area (Å²) in [4.78, 5) is 0. The quantitative estimate of drug-likeness (QED) is 0.322. The van der Waals surface area contributed by atoms with E-state index in [9.17, 15) is 0 Å². The zero-order valence-electron chi connectivity index (χ0n) is 21.2. The highest BCUT2D eigenvalue weighted by molar-refractivity contribution is 4.34. The van der Waals surface area contributed by atoms with Gasteiger partial charge < -0.3 is 30.6 Å². The molecule has 0 aromatic rings. The van der Waals surface area contributed by atoms with E-state index in [1.165, 1.54) is 6.42 Å². The molecule has 0 aliphatic rings. The molecule has 0 rings (SSSR count). The van der Waals surface area contributed by atoms with Crippen LogP contribution in [0.2, 0.25) is 0 Å². The Morgan fingerprint density at radius 3 is 0.862 bits per heavy atom. The molecule has 0 bridgehead atoms. The molecular formula is C23H58O6. The normalized spacial score (nSPS) is 9.83. The zero-order chi connectivity index (χ0) is 24.5. The van der Waals surface area contributed by atoms with Crippen LogP contribution >= 0.6 is 0 Å². The summed E-state index contributed by atoms with van der Waals surface area (Å²) in [5.41, 5.74) is 0. The van der Waals surface area contributed by atoms with Crippen LogP contribution in [0.3, 0.4) is 0 Å². The average molecular weight is 431 g/mol. The van der Waals surface area contributed by atoms with Gasteiger partial charge in [0.1, 0.15) is 0 Å². The van der Waals surface area contributed by atoms with Crippen LogP contribution in [0.25, 0.3) is 0 Å². The minimum atomic E-state index is -0.167. The third-order valence-corrected chi connectivity index (χ3v) is 2.45. The molecule has 1 atom stereocenters. The first-order valence-electron chi connectivity index (χ1n) is 11.3. The number of hydrogen-bond donors (Lipinski definition) is 6. The zero-order valence-corrected chi connectivity index (χ0v) is 21.2. The van der Waals surface area contributed by atoms with Crippen LogP contribution in [0.4, 0.5) is 0 Å². The largest absolute Gasteiger partial charge is 0.396 e. The van der Waals surface area contributed by atoms with Gasteiger partial charge in [-0.2, -0.15) is 0 Å². The topological polar surface area (TPSA) is 121 Å². The summed E-state index contributed by atoms with van der Waals surface area (Å²) in [7, 11) is 0. The molecular weight excluding hydrogens is 372 g/mol. The predicted octanol–water partition coefficient (Wildman–Crippen LogP) is 4.14. The smallest absolute Gasteiger partial charge is 0.0509 e. The molecule has 0 heterocycles. The summed E-state index contributed by atoms with van der Waals surface area (Å²) < 4.78 is 0. The highest BCUT2D eigenvalue weighted by atomic mass is 16.3. The molecule has 0 radical (unpaired) electrons. The summed E-state index contributed by atoms with van der Waals surface area (Å²) in [6, 6.07) is 0. The van der Waals surface area contributed by atoms with Crippen molar-refractivity contribution in [1.29, 1.82) is 0 Å². The molecule has 186 valence electrons. The van der Waals surface area contributed by atoms with Crippen LogP contribution in [-0.2, 0) is 0 Å². The molecule has 0 saturated carbocycles. The van der Waals surface area contributed by atoms with E-state index in [0.29, 0.717) is 32.3 Å². The summed E-state index contributed by atoms with van der Waals surface area (Å²) in [6.45, 7) is 18.5. The highest BCUT2D eigenvalue weighted by Gasteiger charge is 1.82. The molecule has 0 aromatic heterocycles. The van der Waals surface area contributed by atoms with E-state index < -0.39 is 0 Å². The van der Waals surface area contributed by atoms with E-state index in [1.54, 1.807) is 20.8 Å². The van der Waals surface area contributed by atoms with E-state index in [-0.39, 0.29) is 12.2 Å². The molecule has 0 saturated heterocycles. The van der Waals surface area contributed by atoms with Gasteiger partial charge in [0, 0.05) is 32.5 Å². The predicted molar refractivity (Wildman–Crippen MR) is 127 cm³/mol. The Labute approximate surface area is 183 Å². The van der Waals surface area contributed by atoms with Crippen LogP contribution in [0.15, 0.2) is 0 Å². The molecule has 0 amide bonds. The van der Waals surface area contributed by atoms with E-state index >= 15 is 0 Å². The van der Waals surface area contributed by atoms with Crippen molar-refractivity contribution in [1.82, 2.24) is 0 Å². The number of rotatable bonds is 8. The minimum Gasteiger partial charge on any atom is -0.396 e. The van der Waals surface area contributed by atoms with Crippen LogP contribution in [0.1, 0.15) is 107 Å². The lowest BCUT2D eigenvalue weighted by Gasteiger charge is -1.90. The van der Waals surface area contributed by atoms with Crippen LogP contribution < -0.4 is 0 Å². The maximum absolute atomic E-state index is 8.36. The van der Waals surface area contributed by atoms with E-state index in [4.69, 9.17) is 30.6 Å². The van der Waals surface area contributed by atoms with Gasteiger partial charge >= 0.3 is 0 Å². The summed E-state index contributed by atoms with van der Waals surface area (Å²) in [6.07, 6.45) is 6.82. The van der Waals surface area contributed by atoms with Gasteiger partial charge in [0.25, 0.3) is 0 Å². The minimum absolute atomic E-state index is 0.116. The van der Waals surface area contributed by atoms with Gasteiger partial charge in [0.05, 0.1) is 6.10 Å². The fourth-order valence-corrected chi connectivity index (χ4v) is 0.520. The number of aliphatic hydroxyl groups is 6. The lowest BCUT2D eigenvalue weighted by molar-refractivity contribution is 0.191. The van der Waals surface area contributed by atoms with Gasteiger partial charge in [-0.1, -0.05) is 60.8 Å². The maximum Gasteiger partial charge on any atom is 0.0509 e. The summed E-state index contributed by atoms with van der Waals surface area (Å²) >= 11 is 0. The Hall–Kier alpha value is -0.240. The fourth-order valence-electron chi connectivity index (χ4n) is 0.520. The molecule has 0 aromatic carbocycles.